The molecule has 0 saturated carbocycles. The Morgan fingerprint density at radius 3 is 3.08 bits per heavy atom. The number of carboxylic acids is 1. The predicted octanol–water partition coefficient (Wildman–Crippen LogP) is 1.98. The molecule has 0 aromatic heterocycles. The standard InChI is InChI=1S/C9H9NO2S/c1-10-8-3-2-6(9(11)12)4-7(8)5-13-10/h2-4H,5H2,1H3,(H,11,12). The molecule has 1 N–H and O–H groups in total. The number of carbonyl (C=O) groups is 1. The molecule has 1 aromatic carbocycles. The topological polar surface area (TPSA) is 40.5 Å². The van der Waals surface area contributed by atoms with E-state index in [4.69, 9.17) is 5.11 Å². The zero-order chi connectivity index (χ0) is 9.42. The Labute approximate surface area is 80.5 Å². The molecule has 1 aromatic rings. The van der Waals surface area contributed by atoms with E-state index in [0.717, 1.165) is 17.0 Å². The van der Waals surface area contributed by atoms with Gasteiger partial charge in [0.25, 0.3) is 0 Å². The molecule has 0 saturated heterocycles. The average Bonchev–Trinajstić information content (AvgIpc) is 2.47. The van der Waals surface area contributed by atoms with Crippen LogP contribution >= 0.6 is 11.9 Å². The maximum atomic E-state index is 10.7. The van der Waals surface area contributed by atoms with Crippen LogP contribution in [0.1, 0.15) is 15.9 Å². The summed E-state index contributed by atoms with van der Waals surface area (Å²) in [5.41, 5.74) is 2.59. The van der Waals surface area contributed by atoms with Gasteiger partial charge in [-0.05, 0) is 35.7 Å². The highest BCUT2D eigenvalue weighted by molar-refractivity contribution is 8.00. The highest BCUT2D eigenvalue weighted by Crippen LogP contribution is 2.36. The number of hydrogen-bond donors (Lipinski definition) is 1. The molecule has 0 spiro atoms. The van der Waals surface area contributed by atoms with Gasteiger partial charge in [0.05, 0.1) is 11.3 Å². The van der Waals surface area contributed by atoms with Gasteiger partial charge in [0, 0.05) is 12.8 Å². The third-order valence-electron chi connectivity index (χ3n) is 2.08. The first-order chi connectivity index (χ1) is 6.18. The second kappa shape index (κ2) is 2.96. The van der Waals surface area contributed by atoms with E-state index in [1.54, 1.807) is 24.1 Å². The summed E-state index contributed by atoms with van der Waals surface area (Å²) in [6.45, 7) is 0. The monoisotopic (exact) mass is 195 g/mol. The van der Waals surface area contributed by atoms with Crippen LogP contribution in [-0.4, -0.2) is 18.1 Å². The van der Waals surface area contributed by atoms with Gasteiger partial charge >= 0.3 is 5.97 Å². The number of anilines is 1. The Balaban J connectivity index is 2.45. The molecule has 68 valence electrons. The van der Waals surface area contributed by atoms with E-state index in [-0.39, 0.29) is 0 Å². The summed E-state index contributed by atoms with van der Waals surface area (Å²) < 4.78 is 2.06. The second-order valence-electron chi connectivity index (χ2n) is 2.92. The van der Waals surface area contributed by atoms with Crippen LogP contribution < -0.4 is 4.31 Å². The van der Waals surface area contributed by atoms with Crippen molar-refractivity contribution < 1.29 is 9.90 Å². The van der Waals surface area contributed by atoms with Crippen molar-refractivity contribution in [3.05, 3.63) is 29.3 Å². The number of rotatable bonds is 1. The first-order valence-corrected chi connectivity index (χ1v) is 4.85. The maximum Gasteiger partial charge on any atom is 0.335 e. The Morgan fingerprint density at radius 1 is 1.62 bits per heavy atom. The Bertz CT molecular complexity index is 365. The molecule has 3 nitrogen and oxygen atoms in total. The zero-order valence-electron chi connectivity index (χ0n) is 7.15. The molecular formula is C9H9NO2S. The average molecular weight is 195 g/mol. The third-order valence-corrected chi connectivity index (χ3v) is 3.10. The molecule has 13 heavy (non-hydrogen) atoms. The molecule has 4 heteroatoms. The molecule has 0 radical (unpaired) electrons. The summed E-state index contributed by atoms with van der Waals surface area (Å²) in [5, 5.41) is 8.76. The summed E-state index contributed by atoms with van der Waals surface area (Å²) in [4.78, 5) is 10.7. The minimum Gasteiger partial charge on any atom is -0.478 e. The van der Waals surface area contributed by atoms with Crippen LogP contribution in [0.15, 0.2) is 18.2 Å². The lowest BCUT2D eigenvalue weighted by molar-refractivity contribution is 0.0697. The number of fused-ring (bicyclic) bond motifs is 1. The Morgan fingerprint density at radius 2 is 2.38 bits per heavy atom. The van der Waals surface area contributed by atoms with Crippen molar-refractivity contribution in [1.82, 2.24) is 0 Å². The van der Waals surface area contributed by atoms with E-state index < -0.39 is 5.97 Å². The minimum absolute atomic E-state index is 0.370. The fourth-order valence-electron chi connectivity index (χ4n) is 1.38. The van der Waals surface area contributed by atoms with Gasteiger partial charge in [0.2, 0.25) is 0 Å². The van der Waals surface area contributed by atoms with Gasteiger partial charge in [-0.2, -0.15) is 0 Å². The summed E-state index contributed by atoms with van der Waals surface area (Å²) in [6.07, 6.45) is 0. The minimum atomic E-state index is -0.859. The fraction of sp³-hybridized carbons (Fsp3) is 0.222. The van der Waals surface area contributed by atoms with Gasteiger partial charge in [-0.3, -0.25) is 0 Å². The van der Waals surface area contributed by atoms with Crippen molar-refractivity contribution >= 4 is 23.6 Å². The second-order valence-corrected chi connectivity index (χ2v) is 4.01. The molecule has 2 rings (SSSR count). The van der Waals surface area contributed by atoms with Gasteiger partial charge in [-0.25, -0.2) is 4.79 Å². The molecule has 0 aliphatic carbocycles. The number of hydrogen-bond acceptors (Lipinski definition) is 3. The van der Waals surface area contributed by atoms with Gasteiger partial charge < -0.3 is 9.41 Å². The smallest absolute Gasteiger partial charge is 0.335 e. The van der Waals surface area contributed by atoms with Gasteiger partial charge in [-0.1, -0.05) is 0 Å². The lowest BCUT2D eigenvalue weighted by Crippen LogP contribution is -2.02. The molecule has 0 atom stereocenters. The quantitative estimate of drug-likeness (QED) is 0.696. The van der Waals surface area contributed by atoms with Crippen molar-refractivity contribution in [1.29, 1.82) is 0 Å². The van der Waals surface area contributed by atoms with Crippen molar-refractivity contribution in [2.75, 3.05) is 11.4 Å². The third kappa shape index (κ3) is 1.37. The lowest BCUT2D eigenvalue weighted by Gasteiger charge is -2.09. The number of aromatic carboxylic acids is 1. The number of benzene rings is 1. The molecule has 1 aliphatic rings. The Kier molecular flexibility index (Phi) is 1.92. The van der Waals surface area contributed by atoms with E-state index in [9.17, 15) is 4.79 Å². The summed E-state index contributed by atoms with van der Waals surface area (Å²) >= 11 is 1.69. The lowest BCUT2D eigenvalue weighted by atomic mass is 10.1. The van der Waals surface area contributed by atoms with Crippen molar-refractivity contribution in [3.8, 4) is 0 Å². The SMILES string of the molecule is CN1SCc2cc(C(=O)O)ccc21. The van der Waals surface area contributed by atoms with Crippen LogP contribution in [-0.2, 0) is 5.75 Å². The summed E-state index contributed by atoms with van der Waals surface area (Å²) in [7, 11) is 1.98. The van der Waals surface area contributed by atoms with Crippen LogP contribution in [0, 0.1) is 0 Å². The molecule has 0 bridgehead atoms. The molecule has 0 unspecified atom stereocenters. The molecular weight excluding hydrogens is 186 g/mol. The molecule has 1 aliphatic heterocycles. The van der Waals surface area contributed by atoms with E-state index >= 15 is 0 Å². The van der Waals surface area contributed by atoms with Crippen LogP contribution in [0.5, 0.6) is 0 Å². The van der Waals surface area contributed by atoms with Gasteiger partial charge in [0.15, 0.2) is 0 Å². The number of nitrogens with zero attached hydrogens (tertiary/aromatic N) is 1. The highest BCUT2D eigenvalue weighted by atomic mass is 32.2. The zero-order valence-corrected chi connectivity index (χ0v) is 7.97. The maximum absolute atomic E-state index is 10.7. The molecule has 1 heterocycles. The van der Waals surface area contributed by atoms with Crippen LogP contribution in [0.4, 0.5) is 5.69 Å². The first-order valence-electron chi connectivity index (χ1n) is 3.91. The van der Waals surface area contributed by atoms with Gasteiger partial charge in [0.1, 0.15) is 0 Å². The van der Waals surface area contributed by atoms with Crippen molar-refractivity contribution in [3.63, 3.8) is 0 Å². The van der Waals surface area contributed by atoms with Crippen molar-refractivity contribution in [2.45, 2.75) is 5.75 Å². The first kappa shape index (κ1) is 8.44. The van der Waals surface area contributed by atoms with Gasteiger partial charge in [-0.15, -0.1) is 0 Å². The Hall–Kier alpha value is -1.16. The fourth-order valence-corrected chi connectivity index (χ4v) is 2.26. The molecule has 0 amide bonds. The summed E-state index contributed by atoms with van der Waals surface area (Å²) in [5.74, 6) is 0.00908. The number of carboxylic acid groups (broad SMARTS) is 1. The van der Waals surface area contributed by atoms with Crippen LogP contribution in [0.3, 0.4) is 0 Å². The normalized spacial score (nSPS) is 14.4. The van der Waals surface area contributed by atoms with E-state index in [2.05, 4.69) is 4.31 Å². The summed E-state index contributed by atoms with van der Waals surface area (Å²) in [6, 6.07) is 5.25. The van der Waals surface area contributed by atoms with E-state index in [1.165, 1.54) is 0 Å². The predicted molar refractivity (Wildman–Crippen MR) is 53.1 cm³/mol. The van der Waals surface area contributed by atoms with Crippen LogP contribution in [0.2, 0.25) is 0 Å². The van der Waals surface area contributed by atoms with Crippen LogP contribution in [0.25, 0.3) is 0 Å². The van der Waals surface area contributed by atoms with E-state index in [0.29, 0.717) is 5.56 Å². The highest BCUT2D eigenvalue weighted by Gasteiger charge is 2.17. The molecule has 0 fully saturated rings. The van der Waals surface area contributed by atoms with Crippen molar-refractivity contribution in [2.24, 2.45) is 0 Å². The van der Waals surface area contributed by atoms with E-state index in [1.807, 2.05) is 13.1 Å². The largest absolute Gasteiger partial charge is 0.478 e.